The van der Waals surface area contributed by atoms with Gasteiger partial charge in [-0.05, 0) is 41.5 Å². The van der Waals surface area contributed by atoms with Crippen molar-refractivity contribution < 1.29 is 26.3 Å². The van der Waals surface area contributed by atoms with Crippen LogP contribution in [0.1, 0.15) is 27.9 Å². The lowest BCUT2D eigenvalue weighted by Gasteiger charge is -2.10. The van der Waals surface area contributed by atoms with E-state index in [9.17, 15) is 26.3 Å². The number of rotatable bonds is 3. The Morgan fingerprint density at radius 2 is 1.48 bits per heavy atom. The normalized spacial score (nSPS) is 12.3. The molecular weight excluding hydrogens is 398 g/mol. The number of halogens is 6. The van der Waals surface area contributed by atoms with E-state index in [0.717, 1.165) is 24.3 Å². The quantitative estimate of drug-likeness (QED) is 0.456. The molecule has 3 rings (SSSR count). The molecule has 3 aromatic rings. The third-order valence-electron chi connectivity index (χ3n) is 3.89. The number of aromatic amines is 1. The van der Waals surface area contributed by atoms with Crippen molar-refractivity contribution in [2.45, 2.75) is 12.4 Å². The highest BCUT2D eigenvalue weighted by atomic mass is 19.4. The lowest BCUT2D eigenvalue weighted by molar-refractivity contribution is -0.138. The van der Waals surface area contributed by atoms with E-state index >= 15 is 0 Å². The molecule has 4 nitrogen and oxygen atoms in total. The standard InChI is InChI=1S/C19H10F6N4/c20-18(21,22)14-3-1-2-11(7-14)4-5-12-6-13(9-15(8-12)19(23,24)25)17-16(10-26)27-29-28-17/h1-9H,(H,27,28,29). The van der Waals surface area contributed by atoms with Crippen molar-refractivity contribution in [1.29, 1.82) is 5.26 Å². The van der Waals surface area contributed by atoms with Crippen LogP contribution in [-0.2, 0) is 12.4 Å². The molecule has 0 unspecified atom stereocenters. The molecule has 1 heterocycles. The predicted octanol–water partition coefficient (Wildman–Crippen LogP) is 5.55. The van der Waals surface area contributed by atoms with Crippen LogP contribution in [0.25, 0.3) is 23.4 Å². The van der Waals surface area contributed by atoms with Gasteiger partial charge >= 0.3 is 12.4 Å². The predicted molar refractivity (Wildman–Crippen MR) is 91.9 cm³/mol. The largest absolute Gasteiger partial charge is 0.416 e. The van der Waals surface area contributed by atoms with Gasteiger partial charge in [-0.1, -0.05) is 24.3 Å². The Morgan fingerprint density at radius 3 is 2.14 bits per heavy atom. The van der Waals surface area contributed by atoms with E-state index in [-0.39, 0.29) is 28.1 Å². The highest BCUT2D eigenvalue weighted by molar-refractivity contribution is 5.75. The number of benzene rings is 2. The Bertz CT molecular complexity index is 1100. The monoisotopic (exact) mass is 408 g/mol. The summed E-state index contributed by atoms with van der Waals surface area (Å²) in [5.74, 6) is 0. The van der Waals surface area contributed by atoms with Gasteiger partial charge in [0.2, 0.25) is 0 Å². The summed E-state index contributed by atoms with van der Waals surface area (Å²) >= 11 is 0. The highest BCUT2D eigenvalue weighted by Crippen LogP contribution is 2.34. The fourth-order valence-corrected chi connectivity index (χ4v) is 2.57. The van der Waals surface area contributed by atoms with Gasteiger partial charge < -0.3 is 0 Å². The minimum atomic E-state index is -4.68. The summed E-state index contributed by atoms with van der Waals surface area (Å²) in [6.45, 7) is 0. The third kappa shape index (κ3) is 4.63. The van der Waals surface area contributed by atoms with Crippen LogP contribution < -0.4 is 0 Å². The van der Waals surface area contributed by atoms with Gasteiger partial charge in [-0.25, -0.2) is 0 Å². The van der Waals surface area contributed by atoms with E-state index in [2.05, 4.69) is 15.4 Å². The molecule has 0 amide bonds. The molecule has 148 valence electrons. The van der Waals surface area contributed by atoms with Crippen molar-refractivity contribution in [3.63, 3.8) is 0 Å². The van der Waals surface area contributed by atoms with Crippen LogP contribution >= 0.6 is 0 Å². The van der Waals surface area contributed by atoms with Crippen LogP contribution in [0.15, 0.2) is 42.5 Å². The van der Waals surface area contributed by atoms with Gasteiger partial charge in [-0.3, -0.25) is 0 Å². The van der Waals surface area contributed by atoms with Crippen LogP contribution in [0.4, 0.5) is 26.3 Å². The number of nitrogens with one attached hydrogen (secondary N) is 1. The Hall–Kier alpha value is -3.61. The molecule has 0 aliphatic heterocycles. The van der Waals surface area contributed by atoms with Crippen LogP contribution in [0.3, 0.4) is 0 Å². The molecule has 0 aliphatic rings. The Balaban J connectivity index is 2.05. The second kappa shape index (κ2) is 7.43. The van der Waals surface area contributed by atoms with Crippen LogP contribution in [0.2, 0.25) is 0 Å². The summed E-state index contributed by atoms with van der Waals surface area (Å²) < 4.78 is 78.2. The summed E-state index contributed by atoms with van der Waals surface area (Å²) in [5, 5.41) is 18.4. The van der Waals surface area contributed by atoms with Crippen molar-refractivity contribution in [2.24, 2.45) is 0 Å². The Morgan fingerprint density at radius 1 is 0.828 bits per heavy atom. The summed E-state index contributed by atoms with van der Waals surface area (Å²) in [7, 11) is 0. The smallest absolute Gasteiger partial charge is 0.196 e. The number of H-pyrrole nitrogens is 1. The van der Waals surface area contributed by atoms with E-state index in [4.69, 9.17) is 5.26 Å². The van der Waals surface area contributed by atoms with Crippen molar-refractivity contribution in [3.05, 3.63) is 70.4 Å². The SMILES string of the molecule is N#Cc1n[nH]nc1-c1cc(C=Cc2cccc(C(F)(F)F)c2)cc(C(F)(F)F)c1. The molecule has 0 atom stereocenters. The Labute approximate surface area is 160 Å². The first-order valence-corrected chi connectivity index (χ1v) is 7.97. The maximum atomic E-state index is 13.3. The minimum Gasteiger partial charge on any atom is -0.196 e. The molecule has 0 saturated carbocycles. The molecule has 0 spiro atoms. The third-order valence-corrected chi connectivity index (χ3v) is 3.89. The molecule has 29 heavy (non-hydrogen) atoms. The number of nitrogens with zero attached hydrogens (tertiary/aromatic N) is 3. The second-order valence-electron chi connectivity index (χ2n) is 5.93. The molecule has 1 aromatic heterocycles. The molecule has 0 saturated heterocycles. The van der Waals surface area contributed by atoms with Crippen molar-refractivity contribution in [3.8, 4) is 17.3 Å². The number of aromatic nitrogens is 3. The fourth-order valence-electron chi connectivity index (χ4n) is 2.57. The van der Waals surface area contributed by atoms with E-state index in [1.165, 1.54) is 30.4 Å². The first kappa shape index (κ1) is 20.1. The lowest BCUT2D eigenvalue weighted by Crippen LogP contribution is -2.05. The summed E-state index contributed by atoms with van der Waals surface area (Å²) in [6.07, 6.45) is -6.69. The molecule has 10 heteroatoms. The molecular formula is C19H10F6N4. The molecule has 2 aromatic carbocycles. The van der Waals surface area contributed by atoms with Gasteiger partial charge in [-0.15, -0.1) is 5.10 Å². The number of alkyl halides is 6. The number of nitriles is 1. The van der Waals surface area contributed by atoms with E-state index < -0.39 is 23.5 Å². The number of hydrogen-bond acceptors (Lipinski definition) is 3. The van der Waals surface area contributed by atoms with Gasteiger partial charge in [0, 0.05) is 5.56 Å². The van der Waals surface area contributed by atoms with Crippen LogP contribution in [0.5, 0.6) is 0 Å². The first-order valence-electron chi connectivity index (χ1n) is 7.97. The van der Waals surface area contributed by atoms with E-state index in [1.807, 2.05) is 0 Å². The summed E-state index contributed by atoms with van der Waals surface area (Å²) in [6, 6.07) is 9.10. The molecule has 0 bridgehead atoms. The fraction of sp³-hybridized carbons (Fsp3) is 0.105. The molecule has 0 aliphatic carbocycles. The van der Waals surface area contributed by atoms with Crippen molar-refractivity contribution in [2.75, 3.05) is 0 Å². The topological polar surface area (TPSA) is 65.4 Å². The van der Waals surface area contributed by atoms with Crippen LogP contribution in [0, 0.1) is 11.3 Å². The zero-order valence-electron chi connectivity index (χ0n) is 14.3. The summed E-state index contributed by atoms with van der Waals surface area (Å²) in [5.41, 5.74) is -1.88. The van der Waals surface area contributed by atoms with Crippen LogP contribution in [-0.4, -0.2) is 15.4 Å². The lowest BCUT2D eigenvalue weighted by atomic mass is 10.0. The number of hydrogen-bond donors (Lipinski definition) is 1. The zero-order valence-corrected chi connectivity index (χ0v) is 14.3. The van der Waals surface area contributed by atoms with E-state index in [1.54, 1.807) is 6.07 Å². The van der Waals surface area contributed by atoms with Crippen molar-refractivity contribution in [1.82, 2.24) is 15.4 Å². The Kier molecular flexibility index (Phi) is 5.16. The maximum Gasteiger partial charge on any atom is 0.416 e. The molecule has 1 N–H and O–H groups in total. The zero-order chi connectivity index (χ0) is 21.2. The van der Waals surface area contributed by atoms with Gasteiger partial charge in [0.25, 0.3) is 0 Å². The second-order valence-corrected chi connectivity index (χ2v) is 5.93. The van der Waals surface area contributed by atoms with Gasteiger partial charge in [-0.2, -0.15) is 41.9 Å². The maximum absolute atomic E-state index is 13.3. The summed E-state index contributed by atoms with van der Waals surface area (Å²) in [4.78, 5) is 0. The molecule has 0 radical (unpaired) electrons. The minimum absolute atomic E-state index is 0.00572. The molecule has 0 fully saturated rings. The van der Waals surface area contributed by atoms with Gasteiger partial charge in [0.05, 0.1) is 11.1 Å². The van der Waals surface area contributed by atoms with Gasteiger partial charge in [0.15, 0.2) is 5.69 Å². The van der Waals surface area contributed by atoms with Gasteiger partial charge in [0.1, 0.15) is 11.8 Å². The van der Waals surface area contributed by atoms with Crippen molar-refractivity contribution >= 4 is 12.2 Å². The first-order chi connectivity index (χ1) is 13.6. The highest BCUT2D eigenvalue weighted by Gasteiger charge is 2.32. The average Bonchev–Trinajstić information content (AvgIpc) is 3.14. The van der Waals surface area contributed by atoms with E-state index in [0.29, 0.717) is 0 Å². The average molecular weight is 408 g/mol.